The van der Waals surface area contributed by atoms with Crippen molar-refractivity contribution in [3.8, 4) is 0 Å². The van der Waals surface area contributed by atoms with Crippen LogP contribution in [0.25, 0.3) is 0 Å². The first-order valence-electron chi connectivity index (χ1n) is 7.26. The van der Waals surface area contributed by atoms with E-state index in [0.29, 0.717) is 12.3 Å². The summed E-state index contributed by atoms with van der Waals surface area (Å²) in [5.74, 6) is 0.632. The molecule has 0 saturated heterocycles. The van der Waals surface area contributed by atoms with Crippen LogP contribution in [0.5, 0.6) is 0 Å². The first-order chi connectivity index (χ1) is 9.75. The second kappa shape index (κ2) is 5.99. The molecule has 104 valence electrons. The van der Waals surface area contributed by atoms with Crippen LogP contribution in [0.15, 0.2) is 48.5 Å². The fourth-order valence-corrected chi connectivity index (χ4v) is 3.10. The highest BCUT2D eigenvalue weighted by molar-refractivity contribution is 6.31. The predicted molar refractivity (Wildman–Crippen MR) is 83.1 cm³/mol. The van der Waals surface area contributed by atoms with E-state index >= 15 is 0 Å². The molecule has 3 rings (SSSR count). The summed E-state index contributed by atoms with van der Waals surface area (Å²) in [5.41, 5.74) is 3.39. The molecule has 1 unspecified atom stereocenters. The van der Waals surface area contributed by atoms with Gasteiger partial charge in [0.25, 0.3) is 0 Å². The van der Waals surface area contributed by atoms with Crippen LogP contribution in [0, 0.1) is 0 Å². The van der Waals surface area contributed by atoms with E-state index in [0.717, 1.165) is 16.1 Å². The van der Waals surface area contributed by atoms with Crippen LogP contribution in [-0.2, 0) is 6.42 Å². The summed E-state index contributed by atoms with van der Waals surface area (Å²) in [7, 11) is 0. The zero-order valence-electron chi connectivity index (χ0n) is 11.4. The number of rotatable bonds is 4. The summed E-state index contributed by atoms with van der Waals surface area (Å²) in [4.78, 5) is 0. The summed E-state index contributed by atoms with van der Waals surface area (Å²) in [5, 5.41) is 11.3. The van der Waals surface area contributed by atoms with Crippen molar-refractivity contribution >= 4 is 11.6 Å². The monoisotopic (exact) mass is 286 g/mol. The van der Waals surface area contributed by atoms with Gasteiger partial charge in [0.05, 0.1) is 6.10 Å². The Morgan fingerprint density at radius 2 is 1.75 bits per heavy atom. The van der Waals surface area contributed by atoms with Crippen molar-refractivity contribution in [2.45, 2.75) is 37.7 Å². The van der Waals surface area contributed by atoms with Gasteiger partial charge in [-0.15, -0.1) is 0 Å². The fraction of sp³-hybridized carbons (Fsp3) is 0.333. The van der Waals surface area contributed by atoms with Gasteiger partial charge in [0.2, 0.25) is 0 Å². The van der Waals surface area contributed by atoms with Gasteiger partial charge < -0.3 is 5.11 Å². The maximum atomic E-state index is 10.6. The lowest BCUT2D eigenvalue weighted by Gasteiger charge is -2.29. The average Bonchev–Trinajstić information content (AvgIpc) is 2.40. The Balaban J connectivity index is 1.83. The number of aliphatic hydroxyl groups excluding tert-OH is 1. The van der Waals surface area contributed by atoms with E-state index < -0.39 is 6.10 Å². The summed E-state index contributed by atoms with van der Waals surface area (Å²) in [6.07, 6.45) is 3.89. The van der Waals surface area contributed by atoms with E-state index in [9.17, 15) is 5.11 Å². The normalized spacial score (nSPS) is 16.7. The van der Waals surface area contributed by atoms with E-state index in [2.05, 4.69) is 18.2 Å². The Kier molecular flexibility index (Phi) is 4.09. The zero-order valence-corrected chi connectivity index (χ0v) is 12.2. The van der Waals surface area contributed by atoms with Gasteiger partial charge in [-0.1, -0.05) is 60.5 Å². The molecule has 2 aromatic rings. The van der Waals surface area contributed by atoms with Crippen molar-refractivity contribution < 1.29 is 5.11 Å². The molecule has 1 fully saturated rings. The Morgan fingerprint density at radius 1 is 1.05 bits per heavy atom. The number of aliphatic hydroxyl groups is 1. The third-order valence-electron chi connectivity index (χ3n) is 4.27. The molecule has 0 aliphatic heterocycles. The SMILES string of the molecule is OC(Cc1ccccc1Cl)c1ccccc1C1CCC1. The van der Waals surface area contributed by atoms with Crippen LogP contribution < -0.4 is 0 Å². The zero-order chi connectivity index (χ0) is 13.9. The molecule has 20 heavy (non-hydrogen) atoms. The molecule has 0 radical (unpaired) electrons. The molecule has 0 aromatic heterocycles. The van der Waals surface area contributed by atoms with Crippen molar-refractivity contribution in [1.29, 1.82) is 0 Å². The van der Waals surface area contributed by atoms with Gasteiger partial charge in [0.1, 0.15) is 0 Å². The number of hydrogen-bond donors (Lipinski definition) is 1. The van der Waals surface area contributed by atoms with E-state index in [-0.39, 0.29) is 0 Å². The number of hydrogen-bond acceptors (Lipinski definition) is 1. The molecule has 2 heteroatoms. The molecule has 0 heterocycles. The Hall–Kier alpha value is -1.31. The van der Waals surface area contributed by atoms with Crippen molar-refractivity contribution in [2.75, 3.05) is 0 Å². The van der Waals surface area contributed by atoms with Crippen molar-refractivity contribution in [1.82, 2.24) is 0 Å². The lowest BCUT2D eigenvalue weighted by molar-refractivity contribution is 0.176. The van der Waals surface area contributed by atoms with Gasteiger partial charge in [-0.05, 0) is 41.5 Å². The predicted octanol–water partition coefficient (Wildman–Crippen LogP) is 4.88. The van der Waals surface area contributed by atoms with Crippen LogP contribution in [0.1, 0.15) is 48.0 Å². The lowest BCUT2D eigenvalue weighted by Crippen LogP contribution is -2.14. The average molecular weight is 287 g/mol. The minimum atomic E-state index is -0.480. The van der Waals surface area contributed by atoms with Crippen molar-refractivity contribution in [3.05, 3.63) is 70.2 Å². The van der Waals surface area contributed by atoms with Crippen LogP contribution in [-0.4, -0.2) is 5.11 Å². The van der Waals surface area contributed by atoms with Gasteiger partial charge in [0.15, 0.2) is 0 Å². The van der Waals surface area contributed by atoms with Crippen LogP contribution >= 0.6 is 11.6 Å². The number of benzene rings is 2. The lowest BCUT2D eigenvalue weighted by atomic mass is 9.77. The fourth-order valence-electron chi connectivity index (χ4n) is 2.89. The number of halogens is 1. The van der Waals surface area contributed by atoms with Crippen molar-refractivity contribution in [3.63, 3.8) is 0 Å². The van der Waals surface area contributed by atoms with E-state index in [1.807, 2.05) is 30.3 Å². The van der Waals surface area contributed by atoms with Gasteiger partial charge in [-0.3, -0.25) is 0 Å². The molecular weight excluding hydrogens is 268 g/mol. The molecular formula is C18H19ClO. The van der Waals surface area contributed by atoms with Crippen LogP contribution in [0.4, 0.5) is 0 Å². The molecule has 0 spiro atoms. The second-order valence-electron chi connectivity index (χ2n) is 5.57. The molecule has 0 amide bonds. The quantitative estimate of drug-likeness (QED) is 0.849. The van der Waals surface area contributed by atoms with Gasteiger partial charge in [-0.2, -0.15) is 0 Å². The van der Waals surface area contributed by atoms with Gasteiger partial charge >= 0.3 is 0 Å². The highest BCUT2D eigenvalue weighted by Gasteiger charge is 2.24. The second-order valence-corrected chi connectivity index (χ2v) is 5.98. The summed E-state index contributed by atoms with van der Waals surface area (Å²) in [6, 6.07) is 16.0. The van der Waals surface area contributed by atoms with Crippen LogP contribution in [0.3, 0.4) is 0 Å². The third kappa shape index (κ3) is 2.74. The van der Waals surface area contributed by atoms with Gasteiger partial charge in [-0.25, -0.2) is 0 Å². The van der Waals surface area contributed by atoms with Gasteiger partial charge in [0, 0.05) is 11.4 Å². The first kappa shape index (κ1) is 13.7. The molecule has 1 saturated carbocycles. The molecule has 1 nitrogen and oxygen atoms in total. The summed E-state index contributed by atoms with van der Waals surface area (Å²) >= 11 is 6.19. The molecule has 2 aromatic carbocycles. The highest BCUT2D eigenvalue weighted by Crippen LogP contribution is 2.40. The largest absolute Gasteiger partial charge is 0.388 e. The van der Waals surface area contributed by atoms with E-state index in [1.165, 1.54) is 24.8 Å². The molecule has 1 aliphatic carbocycles. The highest BCUT2D eigenvalue weighted by atomic mass is 35.5. The van der Waals surface area contributed by atoms with E-state index in [4.69, 9.17) is 11.6 Å². The molecule has 1 aliphatic rings. The minimum absolute atomic E-state index is 0.480. The smallest absolute Gasteiger partial charge is 0.0833 e. The standard InChI is InChI=1S/C18H19ClO/c19-17-11-4-1-6-14(17)12-18(20)16-10-3-2-9-15(16)13-7-5-8-13/h1-4,6,9-11,13,18,20H,5,7-8,12H2. The van der Waals surface area contributed by atoms with Crippen LogP contribution in [0.2, 0.25) is 5.02 Å². The Bertz CT molecular complexity index is 589. The topological polar surface area (TPSA) is 20.2 Å². The molecule has 1 atom stereocenters. The maximum absolute atomic E-state index is 10.6. The maximum Gasteiger partial charge on any atom is 0.0833 e. The third-order valence-corrected chi connectivity index (χ3v) is 4.64. The summed E-state index contributed by atoms with van der Waals surface area (Å²) in [6.45, 7) is 0. The van der Waals surface area contributed by atoms with E-state index in [1.54, 1.807) is 0 Å². The molecule has 0 bridgehead atoms. The molecule has 1 N–H and O–H groups in total. The Morgan fingerprint density at radius 3 is 2.45 bits per heavy atom. The summed E-state index contributed by atoms with van der Waals surface area (Å²) < 4.78 is 0. The van der Waals surface area contributed by atoms with Crippen molar-refractivity contribution in [2.24, 2.45) is 0 Å². The minimum Gasteiger partial charge on any atom is -0.388 e. The first-order valence-corrected chi connectivity index (χ1v) is 7.64. The Labute approximate surface area is 125 Å².